The van der Waals surface area contributed by atoms with Crippen LogP contribution >= 0.6 is 0 Å². The van der Waals surface area contributed by atoms with Gasteiger partial charge in [0.2, 0.25) is 0 Å². The Balaban J connectivity index is 1.76. The molecule has 3 rings (SSSR count). The zero-order valence-corrected chi connectivity index (χ0v) is 14.5. The maximum atomic E-state index is 5.30. The molecule has 0 radical (unpaired) electrons. The topological polar surface area (TPSA) is 49.8 Å². The zero-order chi connectivity index (χ0) is 16.8. The molecular formula is C19H26N4O. The molecule has 1 aliphatic heterocycles. The first kappa shape index (κ1) is 16.7. The summed E-state index contributed by atoms with van der Waals surface area (Å²) < 4.78 is 5.30. The van der Waals surface area contributed by atoms with Crippen molar-refractivity contribution in [2.75, 3.05) is 33.4 Å². The summed E-state index contributed by atoms with van der Waals surface area (Å²) in [7, 11) is 1.77. The largest absolute Gasteiger partial charge is 0.384 e. The predicted octanol–water partition coefficient (Wildman–Crippen LogP) is 2.67. The summed E-state index contributed by atoms with van der Waals surface area (Å²) in [6.45, 7) is 6.49. The van der Waals surface area contributed by atoms with Crippen LogP contribution in [-0.2, 0) is 11.3 Å². The van der Waals surface area contributed by atoms with E-state index in [1.165, 1.54) is 0 Å². The molecule has 1 unspecified atom stereocenters. The summed E-state index contributed by atoms with van der Waals surface area (Å²) in [4.78, 5) is 11.7. The highest BCUT2D eigenvalue weighted by Gasteiger charge is 2.24. The molecule has 0 aliphatic carbocycles. The molecule has 1 fully saturated rings. The number of fused-ring (bicyclic) bond motifs is 1. The molecule has 1 aromatic heterocycles. The Kier molecular flexibility index (Phi) is 5.64. The highest BCUT2D eigenvalue weighted by Crippen LogP contribution is 2.19. The second-order valence-corrected chi connectivity index (χ2v) is 6.22. The van der Waals surface area contributed by atoms with Crippen LogP contribution in [0.2, 0.25) is 0 Å². The van der Waals surface area contributed by atoms with Gasteiger partial charge in [0, 0.05) is 44.2 Å². The van der Waals surface area contributed by atoms with Crippen LogP contribution in [0.4, 0.5) is 0 Å². The number of rotatable bonds is 5. The van der Waals surface area contributed by atoms with Crippen LogP contribution in [0.15, 0.2) is 41.5 Å². The van der Waals surface area contributed by atoms with Crippen LogP contribution in [0.5, 0.6) is 0 Å². The Morgan fingerprint density at radius 2 is 2.25 bits per heavy atom. The number of ether oxygens (including phenoxy) is 1. The third-order valence-corrected chi connectivity index (χ3v) is 4.44. The van der Waals surface area contributed by atoms with Crippen molar-refractivity contribution in [3.63, 3.8) is 0 Å². The van der Waals surface area contributed by atoms with Crippen LogP contribution in [0, 0.1) is 5.92 Å². The molecule has 0 bridgehead atoms. The fourth-order valence-electron chi connectivity index (χ4n) is 3.28. The zero-order valence-electron chi connectivity index (χ0n) is 14.5. The number of methoxy groups -OCH3 is 1. The van der Waals surface area contributed by atoms with Crippen LogP contribution in [0.3, 0.4) is 0 Å². The molecule has 1 saturated heterocycles. The van der Waals surface area contributed by atoms with Crippen molar-refractivity contribution in [3.8, 4) is 0 Å². The SMILES string of the molecule is CCNC(=NCc1cccc2cccnc12)N1CCC(COC)C1. The minimum atomic E-state index is 0.595. The van der Waals surface area contributed by atoms with Crippen molar-refractivity contribution in [2.45, 2.75) is 19.9 Å². The predicted molar refractivity (Wildman–Crippen MR) is 98.1 cm³/mol. The van der Waals surface area contributed by atoms with Crippen LogP contribution in [-0.4, -0.2) is 49.2 Å². The molecule has 5 heteroatoms. The second kappa shape index (κ2) is 8.11. The number of para-hydroxylation sites is 1. The van der Waals surface area contributed by atoms with Gasteiger partial charge >= 0.3 is 0 Å². The van der Waals surface area contributed by atoms with E-state index in [4.69, 9.17) is 9.73 Å². The first-order valence-electron chi connectivity index (χ1n) is 8.66. The van der Waals surface area contributed by atoms with E-state index in [1.54, 1.807) is 7.11 Å². The van der Waals surface area contributed by atoms with E-state index >= 15 is 0 Å². The molecule has 2 aromatic rings. The van der Waals surface area contributed by atoms with Gasteiger partial charge in [-0.3, -0.25) is 4.98 Å². The standard InChI is InChI=1S/C19H26N4O/c1-3-20-19(23-11-9-15(13-23)14-24-2)22-12-17-7-4-6-16-8-5-10-21-18(16)17/h4-8,10,15H,3,9,11-14H2,1-2H3,(H,20,22). The van der Waals surface area contributed by atoms with Crippen LogP contribution < -0.4 is 5.32 Å². The maximum absolute atomic E-state index is 5.30. The molecule has 2 heterocycles. The minimum Gasteiger partial charge on any atom is -0.384 e. The fraction of sp³-hybridized carbons (Fsp3) is 0.474. The second-order valence-electron chi connectivity index (χ2n) is 6.22. The van der Waals surface area contributed by atoms with Crippen molar-refractivity contribution in [2.24, 2.45) is 10.9 Å². The Bertz CT molecular complexity index is 695. The quantitative estimate of drug-likeness (QED) is 0.678. The van der Waals surface area contributed by atoms with Gasteiger partial charge in [0.1, 0.15) is 0 Å². The first-order chi connectivity index (χ1) is 11.8. The van der Waals surface area contributed by atoms with Gasteiger partial charge in [-0.15, -0.1) is 0 Å². The lowest BCUT2D eigenvalue weighted by Crippen LogP contribution is -2.40. The highest BCUT2D eigenvalue weighted by atomic mass is 16.5. The van der Waals surface area contributed by atoms with Crippen molar-refractivity contribution < 1.29 is 4.74 Å². The summed E-state index contributed by atoms with van der Waals surface area (Å²) in [6.07, 6.45) is 3.00. The van der Waals surface area contributed by atoms with Gasteiger partial charge in [-0.1, -0.05) is 24.3 Å². The number of aromatic nitrogens is 1. The summed E-state index contributed by atoms with van der Waals surface area (Å²) in [5.41, 5.74) is 2.20. The van der Waals surface area contributed by atoms with E-state index < -0.39 is 0 Å². The normalized spacial score (nSPS) is 18.3. The summed E-state index contributed by atoms with van der Waals surface area (Å²) in [5.74, 6) is 1.59. The molecule has 1 aliphatic rings. The molecule has 1 aromatic carbocycles. The van der Waals surface area contributed by atoms with Crippen LogP contribution in [0.25, 0.3) is 10.9 Å². The summed E-state index contributed by atoms with van der Waals surface area (Å²) in [5, 5.41) is 4.58. The average Bonchev–Trinajstić information content (AvgIpc) is 3.07. The number of likely N-dealkylation sites (tertiary alicyclic amines) is 1. The van der Waals surface area contributed by atoms with Crippen molar-refractivity contribution in [1.29, 1.82) is 0 Å². The van der Waals surface area contributed by atoms with Gasteiger partial charge in [0.15, 0.2) is 5.96 Å². The van der Waals surface area contributed by atoms with Gasteiger partial charge in [-0.25, -0.2) is 4.99 Å². The van der Waals surface area contributed by atoms with E-state index in [2.05, 4.69) is 46.4 Å². The van der Waals surface area contributed by atoms with Crippen molar-refractivity contribution in [3.05, 3.63) is 42.1 Å². The van der Waals surface area contributed by atoms with E-state index in [-0.39, 0.29) is 0 Å². The number of nitrogens with zero attached hydrogens (tertiary/aromatic N) is 3. The Labute approximate surface area is 143 Å². The average molecular weight is 326 g/mol. The molecule has 0 amide bonds. The number of hydrogen-bond donors (Lipinski definition) is 1. The molecule has 128 valence electrons. The van der Waals surface area contributed by atoms with E-state index in [0.717, 1.165) is 55.1 Å². The molecule has 1 N–H and O–H groups in total. The van der Waals surface area contributed by atoms with Gasteiger partial charge in [0.25, 0.3) is 0 Å². The fourth-order valence-corrected chi connectivity index (χ4v) is 3.28. The van der Waals surface area contributed by atoms with Gasteiger partial charge < -0.3 is 15.0 Å². The molecule has 0 saturated carbocycles. The van der Waals surface area contributed by atoms with E-state index in [9.17, 15) is 0 Å². The lowest BCUT2D eigenvalue weighted by Gasteiger charge is -2.21. The molecule has 24 heavy (non-hydrogen) atoms. The number of pyridine rings is 1. The van der Waals surface area contributed by atoms with Crippen molar-refractivity contribution >= 4 is 16.9 Å². The molecule has 5 nitrogen and oxygen atoms in total. The summed E-state index contributed by atoms with van der Waals surface area (Å²) in [6, 6.07) is 10.3. The van der Waals surface area contributed by atoms with E-state index in [1.807, 2.05) is 12.3 Å². The van der Waals surface area contributed by atoms with Crippen LogP contribution in [0.1, 0.15) is 18.9 Å². The number of nitrogens with one attached hydrogen (secondary N) is 1. The van der Waals surface area contributed by atoms with Gasteiger partial charge in [-0.05, 0) is 25.0 Å². The Morgan fingerprint density at radius 3 is 3.08 bits per heavy atom. The molecular weight excluding hydrogens is 300 g/mol. The van der Waals surface area contributed by atoms with E-state index in [0.29, 0.717) is 12.5 Å². The lowest BCUT2D eigenvalue weighted by molar-refractivity contribution is 0.157. The highest BCUT2D eigenvalue weighted by molar-refractivity contribution is 5.83. The Morgan fingerprint density at radius 1 is 1.38 bits per heavy atom. The summed E-state index contributed by atoms with van der Waals surface area (Å²) >= 11 is 0. The lowest BCUT2D eigenvalue weighted by atomic mass is 10.1. The van der Waals surface area contributed by atoms with Crippen molar-refractivity contribution in [1.82, 2.24) is 15.2 Å². The monoisotopic (exact) mass is 326 g/mol. The third kappa shape index (κ3) is 3.85. The number of aliphatic imine (C=N–C) groups is 1. The van der Waals surface area contributed by atoms with Gasteiger partial charge in [-0.2, -0.15) is 0 Å². The molecule has 1 atom stereocenters. The minimum absolute atomic E-state index is 0.595. The number of benzene rings is 1. The number of hydrogen-bond acceptors (Lipinski definition) is 3. The smallest absolute Gasteiger partial charge is 0.194 e. The first-order valence-corrected chi connectivity index (χ1v) is 8.66. The Hall–Kier alpha value is -2.14. The third-order valence-electron chi connectivity index (χ3n) is 4.44. The maximum Gasteiger partial charge on any atom is 0.194 e. The van der Waals surface area contributed by atoms with Gasteiger partial charge in [0.05, 0.1) is 18.7 Å². The molecule has 0 spiro atoms. The number of guanidine groups is 1.